The molecule has 0 radical (unpaired) electrons. The highest BCUT2D eigenvalue weighted by Crippen LogP contribution is 2.51. The van der Waals surface area contributed by atoms with E-state index in [9.17, 15) is 9.90 Å². The molecule has 1 amide bonds. The molecule has 0 saturated heterocycles. The van der Waals surface area contributed by atoms with Gasteiger partial charge < -0.3 is 9.84 Å². The summed E-state index contributed by atoms with van der Waals surface area (Å²) in [6.45, 7) is 2.24. The summed E-state index contributed by atoms with van der Waals surface area (Å²) >= 11 is 1.46. The first-order valence-electron chi connectivity index (χ1n) is 7.24. The lowest BCUT2D eigenvalue weighted by molar-refractivity contribution is -0.116. The quantitative estimate of drug-likeness (QED) is 0.866. The van der Waals surface area contributed by atoms with E-state index in [1.54, 1.807) is 19.3 Å². The monoisotopic (exact) mass is 317 g/mol. The molecular formula is C15H15N3O3S. The Morgan fingerprint density at radius 2 is 2.41 bits per heavy atom. The number of thioether (sulfide) groups is 1. The second kappa shape index (κ2) is 5.10. The molecule has 6 nitrogen and oxygen atoms in total. The number of aliphatic imine (C=N–C) groups is 1. The summed E-state index contributed by atoms with van der Waals surface area (Å²) < 4.78 is 5.95. The summed E-state index contributed by atoms with van der Waals surface area (Å²) in [4.78, 5) is 17.5. The number of hydrogen-bond donors (Lipinski definition) is 2. The highest BCUT2D eigenvalue weighted by atomic mass is 32.2. The zero-order chi connectivity index (χ0) is 15.3. The molecule has 7 heteroatoms. The maximum atomic E-state index is 12.4. The predicted octanol–water partition coefficient (Wildman–Crippen LogP) is 1.66. The molecule has 114 valence electrons. The highest BCUT2D eigenvalue weighted by Gasteiger charge is 2.44. The Labute approximate surface area is 131 Å². The molecule has 3 aliphatic heterocycles. The zero-order valence-electron chi connectivity index (χ0n) is 12.0. The first-order chi connectivity index (χ1) is 10.7. The van der Waals surface area contributed by atoms with Gasteiger partial charge in [0, 0.05) is 17.3 Å². The van der Waals surface area contributed by atoms with Gasteiger partial charge >= 0.3 is 0 Å². The van der Waals surface area contributed by atoms with Crippen LogP contribution in [0.4, 0.5) is 0 Å². The molecule has 2 atom stereocenters. The number of aliphatic hydroxyl groups is 1. The molecule has 3 aliphatic rings. The third-order valence-electron chi connectivity index (χ3n) is 4.01. The SMILES string of the molecule is C[C@@H](O)C1=NC(=O)C2SC(c3cn[nH]c3)=C3OCCCC1=C32. The van der Waals surface area contributed by atoms with Gasteiger partial charge in [-0.1, -0.05) is 0 Å². The van der Waals surface area contributed by atoms with Crippen LogP contribution >= 0.6 is 11.8 Å². The lowest BCUT2D eigenvalue weighted by atomic mass is 9.90. The van der Waals surface area contributed by atoms with Gasteiger partial charge in [-0.15, -0.1) is 11.8 Å². The van der Waals surface area contributed by atoms with Crippen LogP contribution in [-0.2, 0) is 9.53 Å². The number of aromatic amines is 1. The number of amides is 1. The van der Waals surface area contributed by atoms with E-state index in [2.05, 4.69) is 15.2 Å². The summed E-state index contributed by atoms with van der Waals surface area (Å²) in [5.41, 5.74) is 3.27. The first-order valence-corrected chi connectivity index (χ1v) is 8.12. The molecule has 0 aromatic carbocycles. The minimum absolute atomic E-state index is 0.221. The van der Waals surface area contributed by atoms with Crippen molar-refractivity contribution in [1.82, 2.24) is 10.2 Å². The van der Waals surface area contributed by atoms with Crippen molar-refractivity contribution in [3.8, 4) is 0 Å². The molecule has 4 rings (SSSR count). The Morgan fingerprint density at radius 1 is 1.55 bits per heavy atom. The molecule has 0 bridgehead atoms. The van der Waals surface area contributed by atoms with Gasteiger partial charge in [0.05, 0.1) is 29.5 Å². The lowest BCUT2D eigenvalue weighted by Gasteiger charge is -2.22. The number of rotatable bonds is 2. The van der Waals surface area contributed by atoms with E-state index in [-0.39, 0.29) is 11.2 Å². The molecule has 1 aromatic rings. The number of hydrogen-bond acceptors (Lipinski definition) is 5. The van der Waals surface area contributed by atoms with E-state index in [4.69, 9.17) is 4.74 Å². The smallest absolute Gasteiger partial charge is 0.264 e. The summed E-state index contributed by atoms with van der Waals surface area (Å²) in [5.74, 6) is 0.534. The Balaban J connectivity index is 1.92. The number of H-pyrrole nitrogens is 1. The molecule has 22 heavy (non-hydrogen) atoms. The minimum Gasteiger partial charge on any atom is -0.492 e. The number of ether oxygens (including phenoxy) is 1. The van der Waals surface area contributed by atoms with Gasteiger partial charge in [-0.2, -0.15) is 5.10 Å². The standard InChI is InChI=1S/C15H15N3O3S/c1-7(19)11-9-3-2-4-21-12-10(9)14(15(20)18-11)22-13(12)8-5-16-17-6-8/h5-7,14,19H,2-4H2,1H3,(H,16,17)/t7-,14?/m1/s1. The van der Waals surface area contributed by atoms with Crippen LogP contribution < -0.4 is 0 Å². The number of nitrogens with one attached hydrogen (secondary N) is 1. The lowest BCUT2D eigenvalue weighted by Crippen LogP contribution is -2.31. The summed E-state index contributed by atoms with van der Waals surface area (Å²) in [7, 11) is 0. The molecule has 0 fully saturated rings. The van der Waals surface area contributed by atoms with Crippen LogP contribution in [0.1, 0.15) is 25.3 Å². The second-order valence-electron chi connectivity index (χ2n) is 5.50. The van der Waals surface area contributed by atoms with Gasteiger partial charge in [0.25, 0.3) is 5.91 Å². The van der Waals surface area contributed by atoms with Gasteiger partial charge in [-0.3, -0.25) is 9.89 Å². The van der Waals surface area contributed by atoms with Crippen molar-refractivity contribution in [2.24, 2.45) is 4.99 Å². The van der Waals surface area contributed by atoms with Gasteiger partial charge in [0.2, 0.25) is 0 Å². The van der Waals surface area contributed by atoms with Crippen LogP contribution in [0.15, 0.2) is 34.3 Å². The highest BCUT2D eigenvalue weighted by molar-refractivity contribution is 8.10. The van der Waals surface area contributed by atoms with Crippen molar-refractivity contribution >= 4 is 28.3 Å². The number of nitrogens with zero attached hydrogens (tertiary/aromatic N) is 2. The molecule has 2 N–H and O–H groups in total. The second-order valence-corrected chi connectivity index (χ2v) is 6.61. The van der Waals surface area contributed by atoms with Crippen molar-refractivity contribution < 1.29 is 14.6 Å². The summed E-state index contributed by atoms with van der Waals surface area (Å²) in [6, 6.07) is 0. The van der Waals surface area contributed by atoms with E-state index in [1.807, 2.05) is 0 Å². The predicted molar refractivity (Wildman–Crippen MR) is 83.2 cm³/mol. The number of aliphatic hydroxyl groups excluding tert-OH is 1. The maximum Gasteiger partial charge on any atom is 0.264 e. The number of allylic oxidation sites excluding steroid dienone is 1. The van der Waals surface area contributed by atoms with Crippen molar-refractivity contribution in [3.05, 3.63) is 34.9 Å². The Hall–Kier alpha value is -1.86. The fourth-order valence-electron chi connectivity index (χ4n) is 3.07. The van der Waals surface area contributed by atoms with Gasteiger partial charge in [-0.05, 0) is 25.3 Å². The Morgan fingerprint density at radius 3 is 3.14 bits per heavy atom. The van der Waals surface area contributed by atoms with Gasteiger partial charge in [0.15, 0.2) is 0 Å². The van der Waals surface area contributed by atoms with Crippen molar-refractivity contribution in [1.29, 1.82) is 0 Å². The van der Waals surface area contributed by atoms with Crippen LogP contribution in [0.25, 0.3) is 4.91 Å². The van der Waals surface area contributed by atoms with Gasteiger partial charge in [-0.25, -0.2) is 4.99 Å². The Bertz CT molecular complexity index is 731. The minimum atomic E-state index is -0.755. The van der Waals surface area contributed by atoms with Crippen LogP contribution in [0.2, 0.25) is 0 Å². The summed E-state index contributed by atoms with van der Waals surface area (Å²) in [5, 5.41) is 16.4. The third-order valence-corrected chi connectivity index (χ3v) is 5.34. The number of carbonyl (C=O) groups excluding carboxylic acids is 1. The van der Waals surface area contributed by atoms with Gasteiger partial charge in [0.1, 0.15) is 11.0 Å². The molecule has 0 aliphatic carbocycles. The van der Waals surface area contributed by atoms with Crippen molar-refractivity contribution in [2.75, 3.05) is 6.61 Å². The largest absolute Gasteiger partial charge is 0.492 e. The number of carbonyl (C=O) groups is 1. The van der Waals surface area contributed by atoms with Crippen LogP contribution in [0.3, 0.4) is 0 Å². The number of dihydropyridines is 1. The topological polar surface area (TPSA) is 87.6 Å². The first kappa shape index (κ1) is 13.8. The van der Waals surface area contributed by atoms with E-state index in [0.717, 1.165) is 40.2 Å². The molecule has 0 spiro atoms. The summed E-state index contributed by atoms with van der Waals surface area (Å²) in [6.07, 6.45) is 4.38. The molecule has 1 aromatic heterocycles. The maximum absolute atomic E-state index is 12.4. The zero-order valence-corrected chi connectivity index (χ0v) is 12.8. The number of aromatic nitrogens is 2. The van der Waals surface area contributed by atoms with E-state index < -0.39 is 6.10 Å². The van der Waals surface area contributed by atoms with Crippen LogP contribution in [-0.4, -0.2) is 44.9 Å². The Kier molecular flexibility index (Phi) is 3.19. The average Bonchev–Trinajstić information content (AvgIpc) is 3.07. The van der Waals surface area contributed by atoms with E-state index in [0.29, 0.717) is 12.3 Å². The molecule has 1 unspecified atom stereocenters. The van der Waals surface area contributed by atoms with Crippen molar-refractivity contribution in [3.63, 3.8) is 0 Å². The van der Waals surface area contributed by atoms with E-state index in [1.165, 1.54) is 11.8 Å². The molecule has 4 heterocycles. The fraction of sp³-hybridized carbons (Fsp3) is 0.400. The van der Waals surface area contributed by atoms with Crippen molar-refractivity contribution in [2.45, 2.75) is 31.1 Å². The van der Waals surface area contributed by atoms with E-state index >= 15 is 0 Å². The molecule has 0 saturated carbocycles. The fourth-order valence-corrected chi connectivity index (χ4v) is 4.35. The normalized spacial score (nSPS) is 25.6. The molecular weight excluding hydrogens is 302 g/mol. The average molecular weight is 317 g/mol. The van der Waals surface area contributed by atoms with Crippen LogP contribution in [0.5, 0.6) is 0 Å². The third kappa shape index (κ3) is 1.96. The van der Waals surface area contributed by atoms with Crippen LogP contribution in [0, 0.1) is 0 Å².